The second-order valence-electron chi connectivity index (χ2n) is 10.5. The fourth-order valence-electron chi connectivity index (χ4n) is 4.86. The highest BCUT2D eigenvalue weighted by Gasteiger charge is 2.36. The minimum Gasteiger partial charge on any atom is -0.486 e. The summed E-state index contributed by atoms with van der Waals surface area (Å²) in [5.41, 5.74) is 2.00. The number of amides is 2. The molecule has 2 aliphatic heterocycles. The monoisotopic (exact) mass is 509 g/mol. The van der Waals surface area contributed by atoms with Crippen molar-refractivity contribution < 1.29 is 28.9 Å². The van der Waals surface area contributed by atoms with Gasteiger partial charge in [0.15, 0.2) is 17.2 Å². The molecule has 0 radical (unpaired) electrons. The molecular formula is C28H35N3O6. The number of ether oxygens (including phenoxy) is 3. The van der Waals surface area contributed by atoms with Crippen molar-refractivity contribution in [3.63, 3.8) is 0 Å². The molecule has 0 unspecified atom stereocenters. The van der Waals surface area contributed by atoms with Crippen molar-refractivity contribution in [2.45, 2.75) is 45.4 Å². The molecule has 0 saturated heterocycles. The van der Waals surface area contributed by atoms with Crippen molar-refractivity contribution in [3.05, 3.63) is 47.5 Å². The van der Waals surface area contributed by atoms with E-state index in [4.69, 9.17) is 14.2 Å². The molecule has 2 aromatic rings. The first kappa shape index (κ1) is 25.4. The molecule has 0 spiro atoms. The number of para-hydroxylation sites is 1. The van der Waals surface area contributed by atoms with Crippen LogP contribution in [0.3, 0.4) is 0 Å². The molecule has 5 rings (SSSR count). The molecule has 9 nitrogen and oxygen atoms in total. The van der Waals surface area contributed by atoms with E-state index in [1.807, 2.05) is 32.2 Å². The van der Waals surface area contributed by atoms with E-state index >= 15 is 0 Å². The lowest BCUT2D eigenvalue weighted by molar-refractivity contribution is -0.117. The number of nitrogens with one attached hydrogen (secondary N) is 1. The number of hydrogen-bond donors (Lipinski definition) is 2. The Hall–Kier alpha value is -3.30. The molecule has 2 aromatic carbocycles. The van der Waals surface area contributed by atoms with Gasteiger partial charge in [-0.25, -0.2) is 0 Å². The topological polar surface area (TPSA) is 101 Å². The Morgan fingerprint density at radius 1 is 1.22 bits per heavy atom. The van der Waals surface area contributed by atoms with Crippen LogP contribution in [0, 0.1) is 11.8 Å². The van der Waals surface area contributed by atoms with Crippen LogP contribution in [0.15, 0.2) is 36.4 Å². The molecule has 2 heterocycles. The third kappa shape index (κ3) is 5.52. The van der Waals surface area contributed by atoms with Gasteiger partial charge >= 0.3 is 0 Å². The summed E-state index contributed by atoms with van der Waals surface area (Å²) in [6.07, 6.45) is 1.50. The second kappa shape index (κ2) is 10.6. The smallest absolute Gasteiger partial charge is 0.258 e. The zero-order chi connectivity index (χ0) is 26.1. The number of rotatable bonds is 8. The molecule has 3 atom stereocenters. The van der Waals surface area contributed by atoms with Crippen LogP contribution >= 0.6 is 0 Å². The van der Waals surface area contributed by atoms with Gasteiger partial charge in [0, 0.05) is 31.5 Å². The van der Waals surface area contributed by atoms with E-state index in [1.54, 1.807) is 23.1 Å². The first-order chi connectivity index (χ1) is 17.8. The highest BCUT2D eigenvalue weighted by molar-refractivity contribution is 6.02. The summed E-state index contributed by atoms with van der Waals surface area (Å²) in [6, 6.07) is 10.9. The maximum absolute atomic E-state index is 13.6. The molecule has 198 valence electrons. The fraction of sp³-hybridized carbons (Fsp3) is 0.500. The van der Waals surface area contributed by atoms with Crippen LogP contribution < -0.4 is 19.5 Å². The minimum atomic E-state index is -0.349. The third-order valence-electron chi connectivity index (χ3n) is 7.28. The van der Waals surface area contributed by atoms with E-state index in [1.165, 1.54) is 0 Å². The van der Waals surface area contributed by atoms with Crippen molar-refractivity contribution in [3.8, 4) is 17.2 Å². The molecule has 1 aliphatic carbocycles. The molecule has 1 saturated carbocycles. The van der Waals surface area contributed by atoms with Crippen LogP contribution in [0.25, 0.3) is 0 Å². The average Bonchev–Trinajstić information content (AvgIpc) is 3.64. The number of carbonyl (C=O) groups is 2. The third-order valence-corrected chi connectivity index (χ3v) is 7.28. The van der Waals surface area contributed by atoms with Gasteiger partial charge in [-0.1, -0.05) is 19.1 Å². The van der Waals surface area contributed by atoms with Crippen LogP contribution in [0.1, 0.15) is 42.6 Å². The van der Waals surface area contributed by atoms with Crippen LogP contribution in [0.2, 0.25) is 0 Å². The Morgan fingerprint density at radius 2 is 2.00 bits per heavy atom. The zero-order valence-corrected chi connectivity index (χ0v) is 21.6. The molecule has 2 amide bonds. The summed E-state index contributed by atoms with van der Waals surface area (Å²) in [5.74, 6) is 1.63. The van der Waals surface area contributed by atoms with Gasteiger partial charge in [0.25, 0.3) is 5.91 Å². The van der Waals surface area contributed by atoms with E-state index < -0.39 is 0 Å². The second-order valence-corrected chi connectivity index (χ2v) is 10.5. The standard InChI is InChI=1S/C28H35N3O6/c1-17-12-31(18(2)15-32)28(34)21-5-4-6-22(29-27(33)20-8-9-20)26(21)37-25(17)14-30(3)13-19-7-10-23-24(11-19)36-16-35-23/h4-7,10-11,17-18,20,25,32H,8-9,12-16H2,1-3H3,(H,29,33)/t17-,18-,25+/m1/s1. The molecule has 2 N–H and O–H groups in total. The van der Waals surface area contributed by atoms with E-state index in [0.717, 1.165) is 29.9 Å². The lowest BCUT2D eigenvalue weighted by Crippen LogP contribution is -2.49. The largest absolute Gasteiger partial charge is 0.486 e. The van der Waals surface area contributed by atoms with Crippen molar-refractivity contribution in [1.82, 2.24) is 9.80 Å². The summed E-state index contributed by atoms with van der Waals surface area (Å²) < 4.78 is 17.5. The molecule has 0 aromatic heterocycles. The predicted molar refractivity (Wildman–Crippen MR) is 138 cm³/mol. The minimum absolute atomic E-state index is 0.0218. The van der Waals surface area contributed by atoms with Crippen molar-refractivity contribution in [1.29, 1.82) is 0 Å². The molecular weight excluding hydrogens is 474 g/mol. The maximum Gasteiger partial charge on any atom is 0.258 e. The Balaban J connectivity index is 1.41. The Labute approximate surface area is 217 Å². The lowest BCUT2D eigenvalue weighted by Gasteiger charge is -2.38. The number of aliphatic hydroxyl groups is 1. The lowest BCUT2D eigenvalue weighted by atomic mass is 9.98. The van der Waals surface area contributed by atoms with Gasteiger partial charge < -0.3 is 29.5 Å². The van der Waals surface area contributed by atoms with E-state index in [0.29, 0.717) is 36.6 Å². The maximum atomic E-state index is 13.6. The van der Waals surface area contributed by atoms with Crippen LogP contribution in [-0.2, 0) is 11.3 Å². The predicted octanol–water partition coefficient (Wildman–Crippen LogP) is 3.12. The van der Waals surface area contributed by atoms with Gasteiger partial charge in [0.1, 0.15) is 6.10 Å². The number of fused-ring (bicyclic) bond motifs is 2. The van der Waals surface area contributed by atoms with Gasteiger partial charge in [0.2, 0.25) is 12.7 Å². The van der Waals surface area contributed by atoms with E-state index in [2.05, 4.69) is 17.1 Å². The summed E-state index contributed by atoms with van der Waals surface area (Å²) in [7, 11) is 2.03. The summed E-state index contributed by atoms with van der Waals surface area (Å²) in [6.45, 7) is 5.71. The number of nitrogens with zero attached hydrogens (tertiary/aromatic N) is 2. The summed E-state index contributed by atoms with van der Waals surface area (Å²) in [5, 5.41) is 12.9. The van der Waals surface area contributed by atoms with E-state index in [-0.39, 0.29) is 49.2 Å². The normalized spacial score (nSPS) is 21.6. The number of carbonyl (C=O) groups excluding carboxylic acids is 2. The van der Waals surface area contributed by atoms with Crippen LogP contribution in [0.4, 0.5) is 5.69 Å². The Morgan fingerprint density at radius 3 is 2.76 bits per heavy atom. The quantitative estimate of drug-likeness (QED) is 0.564. The summed E-state index contributed by atoms with van der Waals surface area (Å²) >= 11 is 0. The van der Waals surface area contributed by atoms with Gasteiger partial charge in [-0.2, -0.15) is 0 Å². The highest BCUT2D eigenvalue weighted by Crippen LogP contribution is 2.37. The highest BCUT2D eigenvalue weighted by atomic mass is 16.7. The number of anilines is 1. The Bertz CT molecular complexity index is 1170. The van der Waals surface area contributed by atoms with Gasteiger partial charge in [-0.05, 0) is 56.6 Å². The van der Waals surface area contributed by atoms with Crippen LogP contribution in [-0.4, -0.2) is 72.4 Å². The zero-order valence-electron chi connectivity index (χ0n) is 21.6. The average molecular weight is 510 g/mol. The first-order valence-corrected chi connectivity index (χ1v) is 12.9. The Kier molecular flexibility index (Phi) is 7.26. The van der Waals surface area contributed by atoms with Crippen molar-refractivity contribution in [2.75, 3.05) is 38.9 Å². The molecule has 1 fully saturated rings. The SMILES string of the molecule is C[C@@H]1CN([C@H](C)CO)C(=O)c2cccc(NC(=O)C3CC3)c2O[C@H]1CN(C)Cc1ccc2c(c1)OCO2. The van der Waals surface area contributed by atoms with Crippen LogP contribution in [0.5, 0.6) is 17.2 Å². The molecule has 0 bridgehead atoms. The molecule has 3 aliphatic rings. The number of likely N-dealkylation sites (N-methyl/N-ethyl adjacent to an activating group) is 1. The fourth-order valence-corrected chi connectivity index (χ4v) is 4.86. The first-order valence-electron chi connectivity index (χ1n) is 12.9. The van der Waals surface area contributed by atoms with Crippen molar-refractivity contribution in [2.24, 2.45) is 11.8 Å². The molecule has 9 heteroatoms. The van der Waals surface area contributed by atoms with Gasteiger partial charge in [0.05, 0.1) is 23.9 Å². The van der Waals surface area contributed by atoms with Gasteiger partial charge in [-0.3, -0.25) is 14.5 Å². The number of hydrogen-bond acceptors (Lipinski definition) is 7. The summed E-state index contributed by atoms with van der Waals surface area (Å²) in [4.78, 5) is 30.1. The molecule has 37 heavy (non-hydrogen) atoms. The number of aliphatic hydroxyl groups excluding tert-OH is 1. The van der Waals surface area contributed by atoms with Gasteiger partial charge in [-0.15, -0.1) is 0 Å². The van der Waals surface area contributed by atoms with E-state index in [9.17, 15) is 14.7 Å². The number of benzene rings is 2. The van der Waals surface area contributed by atoms with Crippen molar-refractivity contribution >= 4 is 17.5 Å².